The van der Waals surface area contributed by atoms with Gasteiger partial charge < -0.3 is 0 Å². The van der Waals surface area contributed by atoms with Gasteiger partial charge in [0.25, 0.3) is 11.7 Å². The van der Waals surface area contributed by atoms with Crippen LogP contribution in [0, 0.1) is 18.6 Å². The zero-order valence-electron chi connectivity index (χ0n) is 11.2. The molecule has 0 atom stereocenters. The molecule has 1 aliphatic heterocycles. The standard InChI is InChI=1S/C16H11F2NO2/c1-9-6-12-14(13(18)7-9)19(16(21)15(12)20)8-10-2-4-11(17)5-3-10/h2-7H,8H2,1H3. The lowest BCUT2D eigenvalue weighted by Crippen LogP contribution is -2.29. The minimum atomic E-state index is -0.765. The van der Waals surface area contributed by atoms with Gasteiger partial charge in [-0.15, -0.1) is 0 Å². The molecule has 21 heavy (non-hydrogen) atoms. The number of rotatable bonds is 2. The number of carbonyl (C=O) groups excluding carboxylic acids is 2. The summed E-state index contributed by atoms with van der Waals surface area (Å²) < 4.78 is 27.0. The molecule has 0 bridgehead atoms. The van der Waals surface area contributed by atoms with Crippen LogP contribution < -0.4 is 4.90 Å². The highest BCUT2D eigenvalue weighted by molar-refractivity contribution is 6.52. The second-order valence-electron chi connectivity index (χ2n) is 4.99. The molecular formula is C16H11F2NO2. The Morgan fingerprint density at radius 1 is 1.05 bits per heavy atom. The van der Waals surface area contributed by atoms with E-state index in [9.17, 15) is 18.4 Å². The van der Waals surface area contributed by atoms with Crippen LogP contribution in [0.1, 0.15) is 21.5 Å². The lowest BCUT2D eigenvalue weighted by Gasteiger charge is -2.17. The molecule has 3 rings (SSSR count). The lowest BCUT2D eigenvalue weighted by molar-refractivity contribution is -0.114. The SMILES string of the molecule is Cc1cc(F)c2c(c1)C(=O)C(=O)N2Cc1ccc(F)cc1. The normalized spacial score (nSPS) is 13.8. The van der Waals surface area contributed by atoms with Crippen LogP contribution in [0.25, 0.3) is 0 Å². The van der Waals surface area contributed by atoms with Crippen molar-refractivity contribution in [2.24, 2.45) is 0 Å². The van der Waals surface area contributed by atoms with Crippen molar-refractivity contribution in [1.29, 1.82) is 0 Å². The lowest BCUT2D eigenvalue weighted by atomic mass is 10.1. The van der Waals surface area contributed by atoms with Crippen molar-refractivity contribution in [3.8, 4) is 0 Å². The highest BCUT2D eigenvalue weighted by Crippen LogP contribution is 2.33. The number of carbonyl (C=O) groups is 2. The van der Waals surface area contributed by atoms with E-state index in [1.165, 1.54) is 36.4 Å². The van der Waals surface area contributed by atoms with Gasteiger partial charge in [-0.3, -0.25) is 14.5 Å². The van der Waals surface area contributed by atoms with Crippen LogP contribution in [0.4, 0.5) is 14.5 Å². The molecule has 0 aliphatic carbocycles. The van der Waals surface area contributed by atoms with Crippen LogP contribution >= 0.6 is 0 Å². The summed E-state index contributed by atoms with van der Waals surface area (Å²) in [6.07, 6.45) is 0. The van der Waals surface area contributed by atoms with Gasteiger partial charge in [0.2, 0.25) is 0 Å². The van der Waals surface area contributed by atoms with Gasteiger partial charge in [-0.1, -0.05) is 12.1 Å². The summed E-state index contributed by atoms with van der Waals surface area (Å²) in [7, 11) is 0. The van der Waals surface area contributed by atoms with Crippen LogP contribution in [-0.4, -0.2) is 11.7 Å². The number of benzene rings is 2. The van der Waals surface area contributed by atoms with Crippen molar-refractivity contribution in [3.63, 3.8) is 0 Å². The zero-order valence-corrected chi connectivity index (χ0v) is 11.2. The molecule has 3 nitrogen and oxygen atoms in total. The monoisotopic (exact) mass is 287 g/mol. The predicted molar refractivity (Wildman–Crippen MR) is 73.1 cm³/mol. The average molecular weight is 287 g/mol. The molecule has 0 radical (unpaired) electrons. The zero-order chi connectivity index (χ0) is 15.1. The van der Waals surface area contributed by atoms with Crippen molar-refractivity contribution >= 4 is 17.4 Å². The Morgan fingerprint density at radius 3 is 2.38 bits per heavy atom. The first-order chi connectivity index (χ1) is 9.97. The molecule has 0 N–H and O–H groups in total. The Hall–Kier alpha value is -2.56. The molecule has 5 heteroatoms. The van der Waals surface area contributed by atoms with E-state index < -0.39 is 23.3 Å². The molecule has 0 fully saturated rings. The van der Waals surface area contributed by atoms with Gasteiger partial charge in [0.15, 0.2) is 0 Å². The van der Waals surface area contributed by atoms with Gasteiger partial charge in [0.05, 0.1) is 17.8 Å². The molecule has 0 unspecified atom stereocenters. The van der Waals surface area contributed by atoms with Crippen LogP contribution in [-0.2, 0) is 11.3 Å². The topological polar surface area (TPSA) is 37.4 Å². The number of hydrogen-bond acceptors (Lipinski definition) is 2. The minimum Gasteiger partial charge on any atom is -0.298 e. The summed E-state index contributed by atoms with van der Waals surface area (Å²) in [5.41, 5.74) is 1.28. The van der Waals surface area contributed by atoms with E-state index in [1.54, 1.807) is 6.92 Å². The highest BCUT2D eigenvalue weighted by atomic mass is 19.1. The molecule has 1 heterocycles. The van der Waals surface area contributed by atoms with Crippen LogP contribution in [0.5, 0.6) is 0 Å². The number of ketones is 1. The van der Waals surface area contributed by atoms with Gasteiger partial charge in [0, 0.05) is 0 Å². The second-order valence-corrected chi connectivity index (χ2v) is 4.99. The van der Waals surface area contributed by atoms with E-state index in [1.807, 2.05) is 0 Å². The Kier molecular flexibility index (Phi) is 3.05. The third kappa shape index (κ3) is 2.20. The van der Waals surface area contributed by atoms with Crippen molar-refractivity contribution in [2.45, 2.75) is 13.5 Å². The van der Waals surface area contributed by atoms with Gasteiger partial charge in [-0.2, -0.15) is 0 Å². The van der Waals surface area contributed by atoms with Crippen molar-refractivity contribution in [1.82, 2.24) is 0 Å². The minimum absolute atomic E-state index is 0.0000694. The fourth-order valence-corrected chi connectivity index (χ4v) is 2.44. The van der Waals surface area contributed by atoms with Gasteiger partial charge in [-0.05, 0) is 42.3 Å². The number of amides is 1. The molecule has 1 amide bonds. The molecule has 0 saturated heterocycles. The second kappa shape index (κ2) is 4.77. The van der Waals surface area contributed by atoms with E-state index in [0.717, 1.165) is 4.90 Å². The number of aryl methyl sites for hydroxylation is 1. The summed E-state index contributed by atoms with van der Waals surface area (Å²) in [4.78, 5) is 25.1. The quantitative estimate of drug-likeness (QED) is 0.796. The van der Waals surface area contributed by atoms with Crippen LogP contribution in [0.15, 0.2) is 36.4 Å². The molecule has 0 aromatic heterocycles. The summed E-state index contributed by atoms with van der Waals surface area (Å²) in [5, 5.41) is 0. The first kappa shape index (κ1) is 13.4. The molecule has 0 spiro atoms. The Labute approximate surface area is 119 Å². The number of hydrogen-bond donors (Lipinski definition) is 0. The summed E-state index contributed by atoms with van der Waals surface area (Å²) in [6, 6.07) is 8.29. The van der Waals surface area contributed by atoms with Gasteiger partial charge in [-0.25, -0.2) is 8.78 Å². The van der Waals surface area contributed by atoms with Crippen LogP contribution in [0.3, 0.4) is 0 Å². The first-order valence-electron chi connectivity index (χ1n) is 6.38. The molecular weight excluding hydrogens is 276 g/mol. The number of Topliss-reactive ketones (excluding diaryl/α,β-unsaturated/α-hetero) is 1. The highest BCUT2D eigenvalue weighted by Gasteiger charge is 2.38. The smallest absolute Gasteiger partial charge is 0.298 e. The molecule has 2 aromatic carbocycles. The largest absolute Gasteiger partial charge is 0.299 e. The number of fused-ring (bicyclic) bond motifs is 1. The Bertz CT molecular complexity index is 754. The van der Waals surface area contributed by atoms with Gasteiger partial charge >= 0.3 is 0 Å². The van der Waals surface area contributed by atoms with Crippen molar-refractivity contribution in [3.05, 3.63) is 64.7 Å². The molecule has 2 aromatic rings. The predicted octanol–water partition coefficient (Wildman–Crippen LogP) is 3.00. The maximum atomic E-state index is 14.1. The Morgan fingerprint density at radius 2 is 1.71 bits per heavy atom. The number of halogens is 2. The van der Waals surface area contributed by atoms with E-state index >= 15 is 0 Å². The summed E-state index contributed by atoms with van der Waals surface area (Å²) >= 11 is 0. The summed E-state index contributed by atoms with van der Waals surface area (Å²) in [5.74, 6) is -2.48. The maximum absolute atomic E-state index is 14.1. The number of nitrogens with zero attached hydrogens (tertiary/aromatic N) is 1. The maximum Gasteiger partial charge on any atom is 0.299 e. The first-order valence-corrected chi connectivity index (χ1v) is 6.38. The van der Waals surface area contributed by atoms with Gasteiger partial charge in [0.1, 0.15) is 11.6 Å². The van der Waals surface area contributed by atoms with Crippen molar-refractivity contribution < 1.29 is 18.4 Å². The fourth-order valence-electron chi connectivity index (χ4n) is 2.44. The van der Waals surface area contributed by atoms with E-state index in [4.69, 9.17) is 0 Å². The summed E-state index contributed by atoms with van der Waals surface area (Å²) in [6.45, 7) is 1.68. The van der Waals surface area contributed by atoms with Crippen LogP contribution in [0.2, 0.25) is 0 Å². The van der Waals surface area contributed by atoms with E-state index in [2.05, 4.69) is 0 Å². The molecule has 0 saturated carbocycles. The molecule has 106 valence electrons. The fraction of sp³-hybridized carbons (Fsp3) is 0.125. The van der Waals surface area contributed by atoms with E-state index in [0.29, 0.717) is 11.1 Å². The molecule has 1 aliphatic rings. The third-order valence-corrected chi connectivity index (χ3v) is 3.42. The Balaban J connectivity index is 2.03. The van der Waals surface area contributed by atoms with E-state index in [-0.39, 0.29) is 17.8 Å². The number of anilines is 1. The third-order valence-electron chi connectivity index (χ3n) is 3.42. The average Bonchev–Trinajstić information content (AvgIpc) is 2.67. The van der Waals surface area contributed by atoms with Crippen molar-refractivity contribution in [2.75, 3.05) is 4.90 Å².